The summed E-state index contributed by atoms with van der Waals surface area (Å²) in [5.41, 5.74) is 5.37. The largest absolute Gasteiger partial charge is 0.481 e. The number of ether oxygens (including phenoxy) is 2. The van der Waals surface area contributed by atoms with E-state index < -0.39 is 36.1 Å². The van der Waals surface area contributed by atoms with E-state index in [0.717, 1.165) is 25.7 Å². The third kappa shape index (κ3) is 17.4. The molecule has 0 saturated carbocycles. The van der Waals surface area contributed by atoms with E-state index in [-0.39, 0.29) is 25.7 Å². The second kappa shape index (κ2) is 20.9. The van der Waals surface area contributed by atoms with Crippen molar-refractivity contribution >= 4 is 23.9 Å². The molecular formula is C29H46N2O7. The van der Waals surface area contributed by atoms with Gasteiger partial charge in [0.25, 0.3) is 0 Å². The zero-order chi connectivity index (χ0) is 28.0. The van der Waals surface area contributed by atoms with Crippen molar-refractivity contribution < 1.29 is 33.8 Å². The second-order valence-corrected chi connectivity index (χ2v) is 9.74. The molecule has 0 aliphatic heterocycles. The summed E-state index contributed by atoms with van der Waals surface area (Å²) in [4.78, 5) is 47.7. The number of esters is 1. The van der Waals surface area contributed by atoms with Crippen LogP contribution in [0.25, 0.3) is 0 Å². The maximum atomic E-state index is 12.9. The monoisotopic (exact) mass is 534 g/mol. The lowest BCUT2D eigenvalue weighted by molar-refractivity contribution is -0.153. The first kappa shape index (κ1) is 32.9. The molecule has 9 nitrogen and oxygen atoms in total. The van der Waals surface area contributed by atoms with Crippen LogP contribution in [-0.2, 0) is 19.1 Å². The zero-order valence-corrected chi connectivity index (χ0v) is 22.8. The molecule has 0 aliphatic rings. The summed E-state index contributed by atoms with van der Waals surface area (Å²) in [7, 11) is 0. The van der Waals surface area contributed by atoms with Gasteiger partial charge < -0.3 is 25.6 Å². The van der Waals surface area contributed by atoms with Crippen LogP contribution in [0, 0.1) is 0 Å². The van der Waals surface area contributed by atoms with E-state index in [1.54, 1.807) is 30.3 Å². The fraction of sp³-hybridized carbons (Fsp3) is 0.655. The van der Waals surface area contributed by atoms with Gasteiger partial charge in [-0.15, -0.1) is 0 Å². The molecule has 2 amide bonds. The molecule has 214 valence electrons. The molecule has 0 spiro atoms. The van der Waals surface area contributed by atoms with Crippen molar-refractivity contribution in [3.63, 3.8) is 0 Å². The predicted octanol–water partition coefficient (Wildman–Crippen LogP) is 5.89. The molecular weight excluding hydrogens is 488 g/mol. The van der Waals surface area contributed by atoms with Crippen LogP contribution in [0.15, 0.2) is 30.3 Å². The molecule has 0 aromatic heterocycles. The van der Waals surface area contributed by atoms with E-state index in [4.69, 9.17) is 20.3 Å². The maximum Gasteiger partial charge on any atom is 0.413 e. The molecule has 1 rings (SSSR count). The fourth-order valence-corrected chi connectivity index (χ4v) is 4.18. The molecule has 0 fully saturated rings. The lowest BCUT2D eigenvalue weighted by atomic mass is 10.0. The highest BCUT2D eigenvalue weighted by Gasteiger charge is 2.27. The van der Waals surface area contributed by atoms with Crippen molar-refractivity contribution in [1.29, 1.82) is 0 Å². The molecule has 4 N–H and O–H groups in total. The van der Waals surface area contributed by atoms with Crippen molar-refractivity contribution in [3.8, 4) is 5.75 Å². The third-order valence-corrected chi connectivity index (χ3v) is 6.26. The van der Waals surface area contributed by atoms with Crippen LogP contribution in [0.2, 0.25) is 0 Å². The first-order chi connectivity index (χ1) is 18.3. The Morgan fingerprint density at radius 2 is 1.42 bits per heavy atom. The Kier molecular flexibility index (Phi) is 18.1. The van der Waals surface area contributed by atoms with Gasteiger partial charge in [-0.05, 0) is 37.8 Å². The van der Waals surface area contributed by atoms with Gasteiger partial charge in [0.1, 0.15) is 17.9 Å². The Bertz CT molecular complexity index is 816. The number of benzene rings is 1. The molecule has 0 unspecified atom stereocenters. The van der Waals surface area contributed by atoms with E-state index in [9.17, 15) is 19.2 Å². The van der Waals surface area contributed by atoms with E-state index in [0.29, 0.717) is 12.2 Å². The number of nitrogens with one attached hydrogen (secondary N) is 1. The summed E-state index contributed by atoms with van der Waals surface area (Å²) in [6, 6.07) is 7.24. The number of carbonyl (C=O) groups excluding carboxylic acids is 3. The van der Waals surface area contributed by atoms with Crippen LogP contribution in [0.3, 0.4) is 0 Å². The summed E-state index contributed by atoms with van der Waals surface area (Å²) in [5, 5.41) is 11.4. The number of primary amides is 1. The summed E-state index contributed by atoms with van der Waals surface area (Å²) in [5.74, 6) is -2.03. The van der Waals surface area contributed by atoms with Gasteiger partial charge in [0.05, 0.1) is 6.42 Å². The van der Waals surface area contributed by atoms with E-state index in [1.807, 2.05) is 0 Å². The van der Waals surface area contributed by atoms with Gasteiger partial charge in [0, 0.05) is 6.42 Å². The molecule has 0 heterocycles. The standard InChI is InChI=1S/C29H46N2O7/c1-2-3-4-5-6-7-8-9-10-11-13-19-24(22-26(30)32)37-28(35)25(20-16-21-27(33)34)31-29(36)38-23-17-14-12-15-18-23/h12,14-15,17-18,24-25H,2-11,13,16,19-22H2,1H3,(H2,30,32)(H,31,36)(H,33,34)/t24-,25-/m0/s1. The van der Waals surface area contributed by atoms with Crippen LogP contribution < -0.4 is 15.8 Å². The molecule has 2 atom stereocenters. The van der Waals surface area contributed by atoms with Gasteiger partial charge in [-0.25, -0.2) is 9.59 Å². The molecule has 1 aromatic carbocycles. The molecule has 0 radical (unpaired) electrons. The van der Waals surface area contributed by atoms with E-state index >= 15 is 0 Å². The number of rotatable bonds is 22. The molecule has 0 saturated heterocycles. The number of carboxylic acids is 1. The van der Waals surface area contributed by atoms with Crippen molar-refractivity contribution in [2.75, 3.05) is 0 Å². The predicted molar refractivity (Wildman–Crippen MR) is 146 cm³/mol. The zero-order valence-electron chi connectivity index (χ0n) is 22.8. The number of unbranched alkanes of at least 4 members (excludes halogenated alkanes) is 10. The maximum absolute atomic E-state index is 12.9. The van der Waals surface area contributed by atoms with Crippen LogP contribution in [0.1, 0.15) is 110 Å². The third-order valence-electron chi connectivity index (χ3n) is 6.26. The SMILES string of the molecule is CCCCCCCCCCCCC[C@@H](CC(N)=O)OC(=O)[C@H](CCCC(=O)O)NC(=O)Oc1ccccc1. The smallest absolute Gasteiger partial charge is 0.413 e. The van der Waals surface area contributed by atoms with E-state index in [2.05, 4.69) is 12.2 Å². The van der Waals surface area contributed by atoms with Gasteiger partial charge in [-0.1, -0.05) is 89.3 Å². The minimum absolute atomic E-state index is 0.0523. The average Bonchev–Trinajstić information content (AvgIpc) is 2.86. The minimum atomic E-state index is -1.11. The lowest BCUT2D eigenvalue weighted by Gasteiger charge is -2.22. The average molecular weight is 535 g/mol. The molecule has 0 aliphatic carbocycles. The van der Waals surface area contributed by atoms with E-state index in [1.165, 1.54) is 44.9 Å². The Balaban J connectivity index is 2.52. The Morgan fingerprint density at radius 1 is 0.842 bits per heavy atom. The quantitative estimate of drug-likeness (QED) is 0.124. The van der Waals surface area contributed by atoms with Crippen molar-refractivity contribution in [2.45, 2.75) is 122 Å². The van der Waals surface area contributed by atoms with Gasteiger partial charge in [0.15, 0.2) is 0 Å². The van der Waals surface area contributed by atoms with Crippen LogP contribution in [0.5, 0.6) is 5.75 Å². The number of amides is 2. The lowest BCUT2D eigenvalue weighted by Crippen LogP contribution is -2.44. The van der Waals surface area contributed by atoms with Gasteiger partial charge in [0.2, 0.25) is 5.91 Å². The van der Waals surface area contributed by atoms with Gasteiger partial charge in [-0.3, -0.25) is 9.59 Å². The number of carboxylic acid groups (broad SMARTS) is 1. The highest BCUT2D eigenvalue weighted by molar-refractivity contribution is 5.82. The molecule has 0 bridgehead atoms. The fourth-order valence-electron chi connectivity index (χ4n) is 4.18. The van der Waals surface area contributed by atoms with Crippen molar-refractivity contribution in [1.82, 2.24) is 5.32 Å². The Morgan fingerprint density at radius 3 is 1.97 bits per heavy atom. The van der Waals surface area contributed by atoms with Crippen molar-refractivity contribution in [3.05, 3.63) is 30.3 Å². The molecule has 9 heteroatoms. The highest BCUT2D eigenvalue weighted by atomic mass is 16.6. The number of aliphatic carboxylic acids is 1. The first-order valence-electron chi connectivity index (χ1n) is 14.1. The van der Waals surface area contributed by atoms with Gasteiger partial charge >= 0.3 is 18.0 Å². The first-order valence-corrected chi connectivity index (χ1v) is 14.1. The summed E-state index contributed by atoms with van der Waals surface area (Å²) >= 11 is 0. The number of hydrogen-bond acceptors (Lipinski definition) is 6. The van der Waals surface area contributed by atoms with Crippen molar-refractivity contribution in [2.24, 2.45) is 5.73 Å². The van der Waals surface area contributed by atoms with Crippen LogP contribution >= 0.6 is 0 Å². The topological polar surface area (TPSA) is 145 Å². The Labute approximate surface area is 226 Å². The highest BCUT2D eigenvalue weighted by Crippen LogP contribution is 2.16. The summed E-state index contributed by atoms with van der Waals surface area (Å²) in [6.45, 7) is 2.22. The number of carbonyl (C=O) groups is 4. The summed E-state index contributed by atoms with van der Waals surface area (Å²) in [6.07, 6.45) is 11.8. The van der Waals surface area contributed by atoms with Gasteiger partial charge in [-0.2, -0.15) is 0 Å². The normalized spacial score (nSPS) is 12.3. The number of para-hydroxylation sites is 1. The van der Waals surface area contributed by atoms with Crippen LogP contribution in [0.4, 0.5) is 4.79 Å². The number of hydrogen-bond donors (Lipinski definition) is 3. The summed E-state index contributed by atoms with van der Waals surface area (Å²) < 4.78 is 10.8. The molecule has 38 heavy (non-hydrogen) atoms. The number of nitrogens with two attached hydrogens (primary N) is 1. The molecule has 1 aromatic rings. The minimum Gasteiger partial charge on any atom is -0.481 e. The van der Waals surface area contributed by atoms with Crippen LogP contribution in [-0.4, -0.2) is 41.2 Å². The Hall–Kier alpha value is -3.10. The second-order valence-electron chi connectivity index (χ2n) is 9.74.